The first-order valence-corrected chi connectivity index (χ1v) is 8.75. The van der Waals surface area contributed by atoms with E-state index in [9.17, 15) is 13.6 Å². The minimum Gasteiger partial charge on any atom is -0.441 e. The van der Waals surface area contributed by atoms with E-state index in [4.69, 9.17) is 16.0 Å². The molecule has 0 aliphatic carbocycles. The molecular weight excluding hydrogens is 374 g/mol. The number of rotatable bonds is 6. The van der Waals surface area contributed by atoms with Crippen molar-refractivity contribution in [2.45, 2.75) is 25.8 Å². The molecule has 0 radical (unpaired) electrons. The molecule has 1 amide bonds. The Labute approximate surface area is 160 Å². The fourth-order valence-corrected chi connectivity index (χ4v) is 2.77. The normalized spacial score (nSPS) is 12.0. The maximum absolute atomic E-state index is 13.8. The van der Waals surface area contributed by atoms with Gasteiger partial charge in [-0.15, -0.1) is 0 Å². The lowest BCUT2D eigenvalue weighted by Gasteiger charge is -2.14. The van der Waals surface area contributed by atoms with Crippen LogP contribution in [0.3, 0.4) is 0 Å². The molecule has 2 aromatic carbocycles. The largest absolute Gasteiger partial charge is 0.441 e. The van der Waals surface area contributed by atoms with Crippen molar-refractivity contribution in [2.24, 2.45) is 0 Å². The van der Waals surface area contributed by atoms with Gasteiger partial charge in [0.05, 0.1) is 17.8 Å². The number of nitrogens with one attached hydrogen (secondary N) is 1. The summed E-state index contributed by atoms with van der Waals surface area (Å²) in [5.74, 6) is -1.41. The van der Waals surface area contributed by atoms with Crippen LogP contribution in [0.5, 0.6) is 0 Å². The predicted molar refractivity (Wildman–Crippen MR) is 98.2 cm³/mol. The number of oxazole rings is 1. The number of aryl methyl sites for hydroxylation is 1. The minimum absolute atomic E-state index is 0.00413. The Balaban J connectivity index is 1.58. The molecule has 3 aromatic rings. The molecule has 0 fully saturated rings. The van der Waals surface area contributed by atoms with Gasteiger partial charge in [-0.1, -0.05) is 29.8 Å². The number of hydrogen-bond acceptors (Lipinski definition) is 3. The van der Waals surface area contributed by atoms with Crippen LogP contribution in [-0.2, 0) is 11.2 Å². The van der Waals surface area contributed by atoms with Gasteiger partial charge in [-0.2, -0.15) is 0 Å². The lowest BCUT2D eigenvalue weighted by atomic mass is 10.1. The van der Waals surface area contributed by atoms with E-state index < -0.39 is 11.6 Å². The molecule has 0 saturated heterocycles. The fraction of sp³-hybridized carbons (Fsp3) is 0.200. The van der Waals surface area contributed by atoms with Gasteiger partial charge in [0, 0.05) is 17.9 Å². The number of aromatic nitrogens is 1. The molecule has 0 aliphatic heterocycles. The molecule has 0 unspecified atom stereocenters. The first-order chi connectivity index (χ1) is 12.9. The van der Waals surface area contributed by atoms with Crippen LogP contribution in [0.15, 0.2) is 53.1 Å². The highest BCUT2D eigenvalue weighted by atomic mass is 35.5. The molecule has 0 aliphatic rings. The Morgan fingerprint density at radius 3 is 2.52 bits per heavy atom. The van der Waals surface area contributed by atoms with Gasteiger partial charge in [0.25, 0.3) is 0 Å². The van der Waals surface area contributed by atoms with Gasteiger partial charge in [-0.05, 0) is 36.8 Å². The van der Waals surface area contributed by atoms with E-state index in [0.29, 0.717) is 5.02 Å². The molecule has 1 atom stereocenters. The lowest BCUT2D eigenvalue weighted by molar-refractivity contribution is -0.121. The molecule has 140 valence electrons. The second-order valence-electron chi connectivity index (χ2n) is 6.06. The molecule has 0 spiro atoms. The highest BCUT2D eigenvalue weighted by molar-refractivity contribution is 6.30. The smallest absolute Gasteiger partial charge is 0.220 e. The average Bonchev–Trinajstić information content (AvgIpc) is 3.09. The van der Waals surface area contributed by atoms with E-state index in [1.165, 1.54) is 12.3 Å². The molecule has 1 aromatic heterocycles. The Hall–Kier alpha value is -2.73. The van der Waals surface area contributed by atoms with Gasteiger partial charge in [-0.3, -0.25) is 4.79 Å². The predicted octanol–water partition coefficient (Wildman–Crippen LogP) is 5.08. The van der Waals surface area contributed by atoms with Crippen molar-refractivity contribution in [3.63, 3.8) is 0 Å². The summed E-state index contributed by atoms with van der Waals surface area (Å²) in [5.41, 5.74) is 0.665. The maximum atomic E-state index is 13.8. The second kappa shape index (κ2) is 8.31. The number of nitrogens with zero attached hydrogens (tertiary/aromatic N) is 1. The molecule has 3 rings (SSSR count). The van der Waals surface area contributed by atoms with Crippen molar-refractivity contribution in [1.29, 1.82) is 0 Å². The summed E-state index contributed by atoms with van der Waals surface area (Å²) in [6.45, 7) is 1.87. The number of amides is 1. The van der Waals surface area contributed by atoms with Gasteiger partial charge < -0.3 is 9.73 Å². The molecule has 1 heterocycles. The number of benzene rings is 2. The summed E-state index contributed by atoms with van der Waals surface area (Å²) in [6, 6.07) is 10.6. The van der Waals surface area contributed by atoms with Crippen molar-refractivity contribution in [3.05, 3.63) is 76.8 Å². The van der Waals surface area contributed by atoms with Gasteiger partial charge in [-0.25, -0.2) is 13.8 Å². The number of carbonyl (C=O) groups excluding carboxylic acids is 1. The van der Waals surface area contributed by atoms with Crippen molar-refractivity contribution in [1.82, 2.24) is 10.3 Å². The van der Waals surface area contributed by atoms with Crippen LogP contribution in [0.2, 0.25) is 5.02 Å². The molecule has 4 nitrogen and oxygen atoms in total. The Morgan fingerprint density at radius 1 is 1.19 bits per heavy atom. The zero-order chi connectivity index (χ0) is 19.4. The fourth-order valence-electron chi connectivity index (χ4n) is 2.64. The van der Waals surface area contributed by atoms with Crippen LogP contribution in [0.25, 0.3) is 11.3 Å². The highest BCUT2D eigenvalue weighted by Gasteiger charge is 2.17. The maximum Gasteiger partial charge on any atom is 0.220 e. The molecule has 0 saturated carbocycles. The van der Waals surface area contributed by atoms with E-state index in [1.807, 2.05) is 19.1 Å². The summed E-state index contributed by atoms with van der Waals surface area (Å²) in [6.07, 6.45) is 1.61. The van der Waals surface area contributed by atoms with E-state index in [-0.39, 0.29) is 42.0 Å². The summed E-state index contributed by atoms with van der Waals surface area (Å²) in [5, 5.41) is 3.50. The summed E-state index contributed by atoms with van der Waals surface area (Å²) in [4.78, 5) is 16.1. The third-order valence-corrected chi connectivity index (χ3v) is 4.33. The van der Waals surface area contributed by atoms with Crippen molar-refractivity contribution in [2.75, 3.05) is 0 Å². The zero-order valence-corrected chi connectivity index (χ0v) is 15.3. The van der Waals surface area contributed by atoms with Gasteiger partial charge >= 0.3 is 0 Å². The van der Waals surface area contributed by atoms with Crippen LogP contribution in [0, 0.1) is 11.6 Å². The molecule has 27 heavy (non-hydrogen) atoms. The molecule has 0 bridgehead atoms. The molecule has 7 heteroatoms. The summed E-state index contributed by atoms with van der Waals surface area (Å²) in [7, 11) is 0. The average molecular weight is 391 g/mol. The topological polar surface area (TPSA) is 55.1 Å². The van der Waals surface area contributed by atoms with Crippen LogP contribution >= 0.6 is 11.6 Å². The third-order valence-electron chi connectivity index (χ3n) is 4.08. The summed E-state index contributed by atoms with van der Waals surface area (Å²) >= 11 is 5.85. The number of hydrogen-bond donors (Lipinski definition) is 1. The van der Waals surface area contributed by atoms with Gasteiger partial charge in [0.15, 0.2) is 11.7 Å². The Bertz CT molecular complexity index is 921. The number of carbonyl (C=O) groups is 1. The zero-order valence-electron chi connectivity index (χ0n) is 14.5. The van der Waals surface area contributed by atoms with Crippen LogP contribution in [-0.4, -0.2) is 10.9 Å². The first kappa shape index (κ1) is 19.0. The molecule has 1 N–H and O–H groups in total. The lowest BCUT2D eigenvalue weighted by Crippen LogP contribution is -2.26. The van der Waals surface area contributed by atoms with Crippen LogP contribution < -0.4 is 5.32 Å². The molecular formula is C20H17ClF2N2O2. The monoisotopic (exact) mass is 390 g/mol. The van der Waals surface area contributed by atoms with Gasteiger partial charge in [0.1, 0.15) is 11.6 Å². The summed E-state index contributed by atoms with van der Waals surface area (Å²) < 4.78 is 33.0. The van der Waals surface area contributed by atoms with E-state index in [0.717, 1.165) is 17.7 Å². The van der Waals surface area contributed by atoms with Crippen molar-refractivity contribution >= 4 is 17.5 Å². The van der Waals surface area contributed by atoms with Gasteiger partial charge in [0.2, 0.25) is 5.91 Å². The van der Waals surface area contributed by atoms with E-state index in [1.54, 1.807) is 12.1 Å². The quantitative estimate of drug-likeness (QED) is 0.638. The second-order valence-corrected chi connectivity index (χ2v) is 6.49. The third kappa shape index (κ3) is 4.71. The first-order valence-electron chi connectivity index (χ1n) is 8.38. The SMILES string of the molecule is C[C@@H](NC(=O)CCc1ncc(-c2c(F)cccc2F)o1)c1ccc(Cl)cc1. The Morgan fingerprint density at radius 2 is 1.85 bits per heavy atom. The van der Waals surface area contributed by atoms with E-state index >= 15 is 0 Å². The van der Waals surface area contributed by atoms with Crippen molar-refractivity contribution < 1.29 is 18.0 Å². The standard InChI is InChI=1S/C20H17ClF2N2O2/c1-12(13-5-7-14(21)8-6-13)25-18(26)9-10-19-24-11-17(27-19)20-15(22)3-2-4-16(20)23/h2-8,11-12H,9-10H2,1H3,(H,25,26)/t12-/m1/s1. The van der Waals surface area contributed by atoms with Crippen LogP contribution in [0.4, 0.5) is 8.78 Å². The highest BCUT2D eigenvalue weighted by Crippen LogP contribution is 2.26. The number of halogens is 3. The van der Waals surface area contributed by atoms with E-state index in [2.05, 4.69) is 10.3 Å². The Kier molecular flexibility index (Phi) is 5.86. The minimum atomic E-state index is -0.729. The van der Waals surface area contributed by atoms with Crippen LogP contribution in [0.1, 0.15) is 30.8 Å². The van der Waals surface area contributed by atoms with Crippen molar-refractivity contribution in [3.8, 4) is 11.3 Å².